The first-order chi connectivity index (χ1) is 10.2. The number of nitrogens with one attached hydrogen (secondary N) is 2. The van der Waals surface area contributed by atoms with Gasteiger partial charge in [0.15, 0.2) is 0 Å². The predicted octanol–water partition coefficient (Wildman–Crippen LogP) is 4.02. The Hall–Kier alpha value is -0.570. The highest BCUT2D eigenvalue weighted by Gasteiger charge is 2.09. The van der Waals surface area contributed by atoms with E-state index in [1.165, 1.54) is 70.6 Å². The van der Waals surface area contributed by atoms with Crippen molar-refractivity contribution in [1.29, 1.82) is 0 Å². The van der Waals surface area contributed by atoms with E-state index < -0.39 is 0 Å². The maximum Gasteiger partial charge on any atom is 0.222 e. The predicted molar refractivity (Wildman–Crippen MR) is 90.4 cm³/mol. The van der Waals surface area contributed by atoms with Gasteiger partial charge in [0.1, 0.15) is 0 Å². The van der Waals surface area contributed by atoms with Crippen LogP contribution in [0.15, 0.2) is 0 Å². The van der Waals surface area contributed by atoms with Crippen LogP contribution in [0.2, 0.25) is 0 Å². The number of carbonyl (C=O) groups is 1. The lowest BCUT2D eigenvalue weighted by atomic mass is 9.98. The molecule has 0 unspecified atom stereocenters. The smallest absolute Gasteiger partial charge is 0.222 e. The van der Waals surface area contributed by atoms with Crippen molar-refractivity contribution in [2.24, 2.45) is 5.92 Å². The summed E-state index contributed by atoms with van der Waals surface area (Å²) < 4.78 is 0. The lowest BCUT2D eigenvalue weighted by Crippen LogP contribution is -2.38. The van der Waals surface area contributed by atoms with E-state index in [2.05, 4.69) is 10.6 Å². The van der Waals surface area contributed by atoms with Crippen molar-refractivity contribution in [1.82, 2.24) is 10.6 Å². The first-order valence-electron chi connectivity index (χ1n) is 9.21. The van der Waals surface area contributed by atoms with Gasteiger partial charge < -0.3 is 10.6 Å². The quantitative estimate of drug-likeness (QED) is 0.752. The summed E-state index contributed by atoms with van der Waals surface area (Å²) in [5.74, 6) is 0.252. The number of carbonyl (C=O) groups excluding carboxylic acids is 1. The van der Waals surface area contributed by atoms with E-state index in [0.29, 0.717) is 6.04 Å². The summed E-state index contributed by atoms with van der Waals surface area (Å²) in [6, 6.07) is 0.653. The van der Waals surface area contributed by atoms with Crippen LogP contribution < -0.4 is 10.6 Å². The molecule has 0 aromatic carbocycles. The van der Waals surface area contributed by atoms with Gasteiger partial charge in [-0.2, -0.15) is 0 Å². The molecule has 1 saturated carbocycles. The van der Waals surface area contributed by atoms with Gasteiger partial charge in [0.2, 0.25) is 5.91 Å². The molecule has 0 heterocycles. The van der Waals surface area contributed by atoms with Crippen molar-refractivity contribution in [3.8, 4) is 0 Å². The standard InChI is InChI=1S/C18H36N2O/c1-16(2)18(21)20-15-14-19-17-12-10-8-6-4-3-5-7-9-11-13-17/h16-17,19H,3-15H2,1-2H3,(H,20,21). The minimum Gasteiger partial charge on any atom is -0.355 e. The zero-order valence-corrected chi connectivity index (χ0v) is 14.3. The van der Waals surface area contributed by atoms with Crippen molar-refractivity contribution in [2.45, 2.75) is 90.5 Å². The van der Waals surface area contributed by atoms with Crippen molar-refractivity contribution in [3.05, 3.63) is 0 Å². The normalized spacial score (nSPS) is 19.8. The molecule has 0 atom stereocenters. The maximum absolute atomic E-state index is 11.5. The van der Waals surface area contributed by atoms with Crippen molar-refractivity contribution in [3.63, 3.8) is 0 Å². The maximum atomic E-state index is 11.5. The van der Waals surface area contributed by atoms with E-state index in [-0.39, 0.29) is 11.8 Å². The second-order valence-electron chi connectivity index (χ2n) is 6.86. The molecule has 3 heteroatoms. The molecule has 2 N–H and O–H groups in total. The summed E-state index contributed by atoms with van der Waals surface area (Å²) in [7, 11) is 0. The molecule has 1 aliphatic rings. The van der Waals surface area contributed by atoms with E-state index in [9.17, 15) is 4.79 Å². The lowest BCUT2D eigenvalue weighted by molar-refractivity contribution is -0.123. The molecule has 0 aromatic rings. The fraction of sp³-hybridized carbons (Fsp3) is 0.944. The van der Waals surface area contributed by atoms with Crippen molar-refractivity contribution >= 4 is 5.91 Å². The Balaban J connectivity index is 2.17. The second-order valence-corrected chi connectivity index (χ2v) is 6.86. The molecule has 0 radical (unpaired) electrons. The average Bonchev–Trinajstić information content (AvgIpc) is 2.45. The molecular formula is C18H36N2O. The molecule has 21 heavy (non-hydrogen) atoms. The minimum atomic E-state index is 0.0892. The average molecular weight is 296 g/mol. The highest BCUT2D eigenvalue weighted by molar-refractivity contribution is 5.77. The molecule has 0 spiro atoms. The zero-order valence-electron chi connectivity index (χ0n) is 14.3. The highest BCUT2D eigenvalue weighted by Crippen LogP contribution is 2.16. The molecule has 3 nitrogen and oxygen atoms in total. The third kappa shape index (κ3) is 9.89. The van der Waals surface area contributed by atoms with Crippen LogP contribution in [-0.4, -0.2) is 25.0 Å². The molecule has 1 aliphatic carbocycles. The van der Waals surface area contributed by atoms with Gasteiger partial charge in [-0.1, -0.05) is 71.6 Å². The van der Waals surface area contributed by atoms with Gasteiger partial charge in [-0.3, -0.25) is 4.79 Å². The van der Waals surface area contributed by atoms with Crippen LogP contribution in [0.25, 0.3) is 0 Å². The van der Waals surface area contributed by atoms with Gasteiger partial charge in [0.25, 0.3) is 0 Å². The Bertz CT molecular complexity index is 254. The highest BCUT2D eigenvalue weighted by atomic mass is 16.1. The molecule has 0 aromatic heterocycles. The van der Waals surface area contributed by atoms with Gasteiger partial charge in [0.05, 0.1) is 0 Å². The van der Waals surface area contributed by atoms with E-state index in [0.717, 1.165) is 13.1 Å². The SMILES string of the molecule is CC(C)C(=O)NCCNC1CCCCCCCCCCC1. The molecule has 0 bridgehead atoms. The van der Waals surface area contributed by atoms with Crippen LogP contribution in [0.3, 0.4) is 0 Å². The Morgan fingerprint density at radius 3 is 1.81 bits per heavy atom. The number of amides is 1. The Kier molecular flexibility index (Phi) is 10.6. The van der Waals surface area contributed by atoms with Gasteiger partial charge >= 0.3 is 0 Å². The molecular weight excluding hydrogens is 260 g/mol. The van der Waals surface area contributed by atoms with Crippen LogP contribution in [0.4, 0.5) is 0 Å². The molecule has 1 fully saturated rings. The molecule has 124 valence electrons. The zero-order chi connectivity index (χ0) is 15.3. The summed E-state index contributed by atoms with van der Waals surface area (Å²) >= 11 is 0. The molecule has 1 rings (SSSR count). The summed E-state index contributed by atoms with van der Waals surface area (Å²) in [4.78, 5) is 11.5. The van der Waals surface area contributed by atoms with Gasteiger partial charge in [0, 0.05) is 25.0 Å². The van der Waals surface area contributed by atoms with Crippen LogP contribution in [0.1, 0.15) is 84.5 Å². The van der Waals surface area contributed by atoms with Gasteiger partial charge in [-0.15, -0.1) is 0 Å². The number of rotatable bonds is 5. The van der Waals surface area contributed by atoms with Gasteiger partial charge in [-0.05, 0) is 12.8 Å². The minimum absolute atomic E-state index is 0.0892. The Morgan fingerprint density at radius 2 is 1.33 bits per heavy atom. The van der Waals surface area contributed by atoms with E-state index >= 15 is 0 Å². The molecule has 1 amide bonds. The fourth-order valence-electron chi connectivity index (χ4n) is 3.03. The number of hydrogen-bond donors (Lipinski definition) is 2. The van der Waals surface area contributed by atoms with Gasteiger partial charge in [-0.25, -0.2) is 0 Å². The largest absolute Gasteiger partial charge is 0.355 e. The van der Waals surface area contributed by atoms with E-state index in [1.807, 2.05) is 13.8 Å². The first-order valence-corrected chi connectivity index (χ1v) is 9.21. The Morgan fingerprint density at radius 1 is 0.857 bits per heavy atom. The van der Waals surface area contributed by atoms with Crippen LogP contribution in [0.5, 0.6) is 0 Å². The third-order valence-electron chi connectivity index (χ3n) is 4.49. The third-order valence-corrected chi connectivity index (χ3v) is 4.49. The van der Waals surface area contributed by atoms with E-state index in [1.54, 1.807) is 0 Å². The molecule has 0 saturated heterocycles. The van der Waals surface area contributed by atoms with Crippen molar-refractivity contribution in [2.75, 3.05) is 13.1 Å². The second kappa shape index (κ2) is 12.0. The van der Waals surface area contributed by atoms with E-state index in [4.69, 9.17) is 0 Å². The summed E-state index contributed by atoms with van der Waals surface area (Å²) in [5.41, 5.74) is 0. The Labute approximate surface area is 131 Å². The van der Waals surface area contributed by atoms with Crippen LogP contribution >= 0.6 is 0 Å². The molecule has 0 aliphatic heterocycles. The first kappa shape index (κ1) is 18.5. The monoisotopic (exact) mass is 296 g/mol. The topological polar surface area (TPSA) is 41.1 Å². The fourth-order valence-corrected chi connectivity index (χ4v) is 3.03. The lowest BCUT2D eigenvalue weighted by Gasteiger charge is -2.20. The summed E-state index contributed by atoms with van der Waals surface area (Å²) in [5, 5.41) is 6.64. The van der Waals surface area contributed by atoms with Crippen LogP contribution in [-0.2, 0) is 4.79 Å². The summed E-state index contributed by atoms with van der Waals surface area (Å²) in [6.07, 6.45) is 15.2. The van der Waals surface area contributed by atoms with Crippen molar-refractivity contribution < 1.29 is 4.79 Å². The summed E-state index contributed by atoms with van der Waals surface area (Å²) in [6.45, 7) is 5.54. The number of hydrogen-bond acceptors (Lipinski definition) is 2. The van der Waals surface area contributed by atoms with Crippen LogP contribution in [0, 0.1) is 5.92 Å².